The molecule has 0 saturated carbocycles. The topological polar surface area (TPSA) is 48.2 Å². The van der Waals surface area contributed by atoms with Gasteiger partial charge in [0.2, 0.25) is 5.89 Å². The first-order valence-electron chi connectivity index (χ1n) is 7.07. The molecule has 0 radical (unpaired) electrons. The van der Waals surface area contributed by atoms with Gasteiger partial charge in [-0.25, -0.2) is 4.39 Å². The van der Waals surface area contributed by atoms with Gasteiger partial charge in [-0.2, -0.15) is 4.98 Å². The van der Waals surface area contributed by atoms with Crippen LogP contribution in [0.4, 0.5) is 4.39 Å². The molecular formula is C15H16ClFN2O2. The normalized spacial score (nSPS) is 18.9. The lowest BCUT2D eigenvalue weighted by Gasteiger charge is -2.18. The molecule has 112 valence electrons. The molecule has 3 rings (SSSR count). The van der Waals surface area contributed by atoms with Crippen LogP contribution in [0.2, 0.25) is 5.02 Å². The van der Waals surface area contributed by atoms with Crippen molar-refractivity contribution in [2.75, 3.05) is 13.2 Å². The fourth-order valence-electron chi connectivity index (χ4n) is 2.48. The fourth-order valence-corrected chi connectivity index (χ4v) is 2.74. The van der Waals surface area contributed by atoms with Crippen LogP contribution in [0.3, 0.4) is 0 Å². The summed E-state index contributed by atoms with van der Waals surface area (Å²) in [5.74, 6) is 1.07. The van der Waals surface area contributed by atoms with Gasteiger partial charge in [-0.15, -0.1) is 0 Å². The standard InChI is InChI=1S/C15H16ClFN2O2/c16-12-4-1-5-13(17)11(12)6-7-14-18-15(21-19-14)10-3-2-8-20-9-10/h1,4-5,10H,2-3,6-9H2. The average Bonchev–Trinajstić information content (AvgIpc) is 2.97. The Labute approximate surface area is 127 Å². The highest BCUT2D eigenvalue weighted by molar-refractivity contribution is 6.31. The second-order valence-corrected chi connectivity index (χ2v) is 5.57. The number of aromatic nitrogens is 2. The molecule has 0 N–H and O–H groups in total. The van der Waals surface area contributed by atoms with E-state index in [0.29, 0.717) is 41.7 Å². The van der Waals surface area contributed by atoms with Crippen LogP contribution in [0, 0.1) is 5.82 Å². The molecule has 1 aliphatic heterocycles. The monoisotopic (exact) mass is 310 g/mol. The minimum Gasteiger partial charge on any atom is -0.381 e. The second-order valence-electron chi connectivity index (χ2n) is 5.16. The smallest absolute Gasteiger partial charge is 0.232 e. The number of ether oxygens (including phenoxy) is 1. The molecule has 6 heteroatoms. The highest BCUT2D eigenvalue weighted by atomic mass is 35.5. The van der Waals surface area contributed by atoms with E-state index in [0.717, 1.165) is 19.4 Å². The SMILES string of the molecule is Fc1cccc(Cl)c1CCc1noc(C2CCCOC2)n1. The summed E-state index contributed by atoms with van der Waals surface area (Å²) in [7, 11) is 0. The largest absolute Gasteiger partial charge is 0.381 e. The van der Waals surface area contributed by atoms with Gasteiger partial charge in [-0.1, -0.05) is 22.8 Å². The van der Waals surface area contributed by atoms with Crippen molar-refractivity contribution < 1.29 is 13.7 Å². The molecule has 0 bridgehead atoms. The number of rotatable bonds is 4. The third-order valence-electron chi connectivity index (χ3n) is 3.65. The molecule has 4 nitrogen and oxygen atoms in total. The van der Waals surface area contributed by atoms with E-state index in [1.165, 1.54) is 6.07 Å². The maximum absolute atomic E-state index is 13.7. The molecule has 0 aliphatic carbocycles. The Balaban J connectivity index is 1.64. The first-order valence-corrected chi connectivity index (χ1v) is 7.45. The summed E-state index contributed by atoms with van der Waals surface area (Å²) < 4.78 is 24.4. The molecule has 1 fully saturated rings. The van der Waals surface area contributed by atoms with Crippen LogP contribution in [-0.4, -0.2) is 23.4 Å². The Bertz CT molecular complexity index is 591. The van der Waals surface area contributed by atoms with Crippen LogP contribution in [0.5, 0.6) is 0 Å². The first-order chi connectivity index (χ1) is 10.2. The number of aryl methyl sites for hydroxylation is 1. The van der Waals surface area contributed by atoms with E-state index in [2.05, 4.69) is 10.1 Å². The Kier molecular flexibility index (Phi) is 4.51. The van der Waals surface area contributed by atoms with Gasteiger partial charge in [0.25, 0.3) is 0 Å². The predicted molar refractivity (Wildman–Crippen MR) is 75.9 cm³/mol. The summed E-state index contributed by atoms with van der Waals surface area (Å²) in [5, 5.41) is 4.39. The summed E-state index contributed by atoms with van der Waals surface area (Å²) in [4.78, 5) is 4.39. The molecule has 2 heterocycles. The lowest BCUT2D eigenvalue weighted by atomic mass is 10.0. The zero-order valence-electron chi connectivity index (χ0n) is 11.5. The Hall–Kier alpha value is -1.46. The lowest BCUT2D eigenvalue weighted by molar-refractivity contribution is 0.0705. The molecule has 21 heavy (non-hydrogen) atoms. The quantitative estimate of drug-likeness (QED) is 0.866. The van der Waals surface area contributed by atoms with Crippen molar-refractivity contribution in [2.24, 2.45) is 0 Å². The zero-order chi connectivity index (χ0) is 14.7. The van der Waals surface area contributed by atoms with E-state index in [4.69, 9.17) is 20.9 Å². The molecule has 1 aromatic carbocycles. The maximum atomic E-state index is 13.7. The van der Waals surface area contributed by atoms with E-state index in [1.807, 2.05) is 0 Å². The van der Waals surface area contributed by atoms with Gasteiger partial charge >= 0.3 is 0 Å². The van der Waals surface area contributed by atoms with Crippen molar-refractivity contribution in [3.8, 4) is 0 Å². The molecule has 1 atom stereocenters. The van der Waals surface area contributed by atoms with Crippen LogP contribution in [0.15, 0.2) is 22.7 Å². The Morgan fingerprint density at radius 1 is 1.33 bits per heavy atom. The summed E-state index contributed by atoms with van der Waals surface area (Å²) in [6.07, 6.45) is 2.96. The van der Waals surface area contributed by atoms with Crippen molar-refractivity contribution in [1.29, 1.82) is 0 Å². The molecule has 1 saturated heterocycles. The van der Waals surface area contributed by atoms with E-state index >= 15 is 0 Å². The summed E-state index contributed by atoms with van der Waals surface area (Å²) >= 11 is 6.00. The minimum absolute atomic E-state index is 0.178. The third-order valence-corrected chi connectivity index (χ3v) is 4.01. The van der Waals surface area contributed by atoms with Gasteiger partial charge in [0.1, 0.15) is 5.82 Å². The molecular weight excluding hydrogens is 295 g/mol. The van der Waals surface area contributed by atoms with Gasteiger partial charge in [-0.05, 0) is 31.4 Å². The fraction of sp³-hybridized carbons (Fsp3) is 0.467. The van der Waals surface area contributed by atoms with Crippen molar-refractivity contribution in [3.05, 3.63) is 46.3 Å². The van der Waals surface area contributed by atoms with E-state index in [9.17, 15) is 4.39 Å². The van der Waals surface area contributed by atoms with Gasteiger partial charge < -0.3 is 9.26 Å². The van der Waals surface area contributed by atoms with Crippen molar-refractivity contribution >= 4 is 11.6 Å². The van der Waals surface area contributed by atoms with E-state index in [1.54, 1.807) is 12.1 Å². The van der Waals surface area contributed by atoms with Crippen molar-refractivity contribution in [3.63, 3.8) is 0 Å². The Morgan fingerprint density at radius 2 is 2.24 bits per heavy atom. The second kappa shape index (κ2) is 6.54. The van der Waals surface area contributed by atoms with Crippen molar-refractivity contribution in [2.45, 2.75) is 31.6 Å². The Morgan fingerprint density at radius 3 is 3.00 bits per heavy atom. The van der Waals surface area contributed by atoms with Crippen LogP contribution in [-0.2, 0) is 17.6 Å². The van der Waals surface area contributed by atoms with E-state index in [-0.39, 0.29) is 11.7 Å². The highest BCUT2D eigenvalue weighted by Gasteiger charge is 2.22. The molecule has 1 aromatic heterocycles. The van der Waals surface area contributed by atoms with Gasteiger partial charge in [0.05, 0.1) is 12.5 Å². The lowest BCUT2D eigenvalue weighted by Crippen LogP contribution is -2.15. The number of hydrogen-bond acceptors (Lipinski definition) is 4. The predicted octanol–water partition coefficient (Wildman–Crippen LogP) is 3.54. The number of nitrogens with zero attached hydrogens (tertiary/aromatic N) is 2. The molecule has 0 amide bonds. The number of halogens is 2. The number of benzene rings is 1. The molecule has 1 aliphatic rings. The van der Waals surface area contributed by atoms with E-state index < -0.39 is 0 Å². The van der Waals surface area contributed by atoms with Gasteiger partial charge in [-0.3, -0.25) is 0 Å². The highest BCUT2D eigenvalue weighted by Crippen LogP contribution is 2.24. The third kappa shape index (κ3) is 3.41. The van der Waals surface area contributed by atoms with Crippen LogP contribution in [0.1, 0.15) is 36.0 Å². The zero-order valence-corrected chi connectivity index (χ0v) is 12.3. The van der Waals surface area contributed by atoms with Gasteiger partial charge in [0, 0.05) is 23.6 Å². The average molecular weight is 311 g/mol. The molecule has 0 spiro atoms. The maximum Gasteiger partial charge on any atom is 0.232 e. The first kappa shape index (κ1) is 14.5. The van der Waals surface area contributed by atoms with Crippen LogP contribution >= 0.6 is 11.6 Å². The number of hydrogen-bond donors (Lipinski definition) is 0. The van der Waals surface area contributed by atoms with Crippen LogP contribution < -0.4 is 0 Å². The summed E-state index contributed by atoms with van der Waals surface area (Å²) in [6.45, 7) is 1.42. The molecule has 2 aromatic rings. The molecule has 1 unspecified atom stereocenters. The van der Waals surface area contributed by atoms with Crippen LogP contribution in [0.25, 0.3) is 0 Å². The summed E-state index contributed by atoms with van der Waals surface area (Å²) in [5.41, 5.74) is 0.492. The summed E-state index contributed by atoms with van der Waals surface area (Å²) in [6, 6.07) is 4.68. The van der Waals surface area contributed by atoms with Gasteiger partial charge in [0.15, 0.2) is 5.82 Å². The van der Waals surface area contributed by atoms with Crippen molar-refractivity contribution in [1.82, 2.24) is 10.1 Å². The minimum atomic E-state index is -0.299.